The summed E-state index contributed by atoms with van der Waals surface area (Å²) in [6.07, 6.45) is 8.10. The van der Waals surface area contributed by atoms with Crippen LogP contribution in [0.2, 0.25) is 0 Å². The molecule has 3 nitrogen and oxygen atoms in total. The predicted molar refractivity (Wildman–Crippen MR) is 99.1 cm³/mol. The van der Waals surface area contributed by atoms with Crippen LogP contribution in [0.25, 0.3) is 0 Å². The van der Waals surface area contributed by atoms with Crippen molar-refractivity contribution in [3.8, 4) is 0 Å². The van der Waals surface area contributed by atoms with Gasteiger partial charge in [0.05, 0.1) is 0 Å². The summed E-state index contributed by atoms with van der Waals surface area (Å²) in [6, 6.07) is 9.89. The van der Waals surface area contributed by atoms with Crippen LogP contribution in [-0.4, -0.2) is 11.0 Å². The lowest BCUT2D eigenvalue weighted by molar-refractivity contribution is -0.00448. The van der Waals surface area contributed by atoms with Gasteiger partial charge >= 0.3 is 5.97 Å². The average Bonchev–Trinajstić information content (AvgIpc) is 3.10. The number of hydrogen-bond acceptors (Lipinski definition) is 3. The molecule has 0 aliphatic heterocycles. The van der Waals surface area contributed by atoms with Crippen molar-refractivity contribution in [2.75, 3.05) is 0 Å². The van der Waals surface area contributed by atoms with E-state index in [0.717, 1.165) is 23.3 Å². The molecule has 130 valence electrons. The second-order valence-electron chi connectivity index (χ2n) is 8.39. The third-order valence-electron chi connectivity index (χ3n) is 6.61. The molecule has 0 radical (unpaired) electrons. The maximum Gasteiger partial charge on any atom is 0.357 e. The zero-order valence-electron chi connectivity index (χ0n) is 14.4. The number of aromatic nitrogens is 1. The van der Waals surface area contributed by atoms with E-state index in [2.05, 4.69) is 4.98 Å². The third kappa shape index (κ3) is 2.73. The Morgan fingerprint density at radius 1 is 1.08 bits per heavy atom. The number of hydrogen-bond donors (Lipinski definition) is 0. The Bertz CT molecular complexity index is 747. The van der Waals surface area contributed by atoms with Gasteiger partial charge in [0, 0.05) is 16.6 Å². The largest absolute Gasteiger partial charge is 0.456 e. The average molecular weight is 353 g/mol. The van der Waals surface area contributed by atoms with E-state index >= 15 is 0 Å². The van der Waals surface area contributed by atoms with Crippen LogP contribution < -0.4 is 0 Å². The van der Waals surface area contributed by atoms with Gasteiger partial charge in [-0.15, -0.1) is 8.19 Å². The molecule has 4 heteroatoms. The Morgan fingerprint density at radius 3 is 2.36 bits per heavy atom. The molecule has 1 aromatic carbocycles. The fourth-order valence-electron chi connectivity index (χ4n) is 6.06. The van der Waals surface area contributed by atoms with Crippen LogP contribution in [0.3, 0.4) is 0 Å². The zero-order chi connectivity index (χ0) is 16.9. The topological polar surface area (TPSA) is 39.2 Å². The normalized spacial score (nSPS) is 33.0. The van der Waals surface area contributed by atoms with Gasteiger partial charge in [-0.3, -0.25) is 0 Å². The first kappa shape index (κ1) is 15.6. The number of rotatable bonds is 4. The summed E-state index contributed by atoms with van der Waals surface area (Å²) in [7, 11) is 0.573. The summed E-state index contributed by atoms with van der Waals surface area (Å²) >= 11 is 0. The minimum atomic E-state index is -0.226. The van der Waals surface area contributed by atoms with Crippen molar-refractivity contribution in [1.82, 2.24) is 4.98 Å². The van der Waals surface area contributed by atoms with Gasteiger partial charge in [-0.25, -0.2) is 9.78 Å². The van der Waals surface area contributed by atoms with Crippen LogP contribution in [0.4, 0.5) is 0 Å². The molecule has 0 amide bonds. The van der Waals surface area contributed by atoms with Crippen molar-refractivity contribution in [3.63, 3.8) is 0 Å². The third-order valence-corrected chi connectivity index (χ3v) is 7.93. The summed E-state index contributed by atoms with van der Waals surface area (Å²) in [6.45, 7) is 0.329. The van der Waals surface area contributed by atoms with Gasteiger partial charge < -0.3 is 4.74 Å². The first-order chi connectivity index (χ1) is 12.2. The van der Waals surface area contributed by atoms with Gasteiger partial charge in [-0.05, 0) is 61.8 Å². The van der Waals surface area contributed by atoms with Gasteiger partial charge in [0.2, 0.25) is 0 Å². The number of ether oxygens (including phenoxy) is 1. The van der Waals surface area contributed by atoms with E-state index in [4.69, 9.17) is 4.74 Å². The molecule has 4 bridgehead atoms. The number of carbonyl (C=O) groups is 1. The minimum absolute atomic E-state index is 0.226. The highest BCUT2D eigenvalue weighted by Gasteiger charge is 2.53. The summed E-state index contributed by atoms with van der Waals surface area (Å²) in [5.41, 5.74) is 1.92. The lowest BCUT2D eigenvalue weighted by atomic mass is 9.49. The van der Waals surface area contributed by atoms with Crippen molar-refractivity contribution >= 4 is 14.2 Å². The molecular formula is C21H24NO2P. The lowest BCUT2D eigenvalue weighted by Gasteiger charge is -2.56. The van der Waals surface area contributed by atoms with Crippen LogP contribution >= 0.6 is 8.19 Å². The standard InChI is InChI=1S/C21H24NO2P/c23-20(24-12-14-4-2-1-3-5-14)18-19(25-13-22-18)21-9-15-6-16(10-21)8-17(7-15)11-21/h1-5,13,15-17,25H,6-12H2. The maximum atomic E-state index is 12.7. The van der Waals surface area contributed by atoms with E-state index in [9.17, 15) is 4.79 Å². The van der Waals surface area contributed by atoms with Crippen LogP contribution in [0.5, 0.6) is 0 Å². The van der Waals surface area contributed by atoms with E-state index in [1.807, 2.05) is 36.3 Å². The SMILES string of the molecule is O=C(OCc1ccccc1)c1nc[pH]c1C12CC3CC(CC(C3)C1)C2. The van der Waals surface area contributed by atoms with E-state index in [0.29, 0.717) is 20.5 Å². The van der Waals surface area contributed by atoms with Crippen molar-refractivity contribution in [1.29, 1.82) is 0 Å². The summed E-state index contributed by atoms with van der Waals surface area (Å²) in [4.78, 5) is 17.2. The Kier molecular flexibility index (Phi) is 3.74. The summed E-state index contributed by atoms with van der Waals surface area (Å²) in [5.74, 6) is 4.37. The molecule has 2 aromatic rings. The monoisotopic (exact) mass is 353 g/mol. The highest BCUT2D eigenvalue weighted by atomic mass is 31.0. The Morgan fingerprint density at radius 2 is 1.72 bits per heavy atom. The first-order valence-corrected chi connectivity index (χ1v) is 10.5. The second kappa shape index (κ2) is 5.99. The number of esters is 1. The molecule has 0 spiro atoms. The molecule has 1 atom stereocenters. The molecule has 4 aliphatic rings. The fraction of sp³-hybridized carbons (Fsp3) is 0.524. The first-order valence-electron chi connectivity index (χ1n) is 9.47. The van der Waals surface area contributed by atoms with Gasteiger partial charge in [0.25, 0.3) is 0 Å². The van der Waals surface area contributed by atoms with Gasteiger partial charge in [0.1, 0.15) is 6.61 Å². The Hall–Kier alpha value is -1.60. The second-order valence-corrected chi connectivity index (χ2v) is 9.43. The van der Waals surface area contributed by atoms with Gasteiger partial charge in [-0.2, -0.15) is 0 Å². The molecule has 0 N–H and O–H groups in total. The molecule has 1 unspecified atom stereocenters. The van der Waals surface area contributed by atoms with Crippen LogP contribution in [0, 0.1) is 17.8 Å². The lowest BCUT2D eigenvalue weighted by Crippen LogP contribution is -2.48. The molecule has 4 saturated carbocycles. The van der Waals surface area contributed by atoms with Crippen LogP contribution in [-0.2, 0) is 16.8 Å². The highest BCUT2D eigenvalue weighted by Crippen LogP contribution is 2.62. The zero-order valence-corrected chi connectivity index (χ0v) is 15.4. The van der Waals surface area contributed by atoms with Gasteiger partial charge in [-0.1, -0.05) is 30.3 Å². The smallest absolute Gasteiger partial charge is 0.357 e. The quantitative estimate of drug-likeness (QED) is 0.731. The van der Waals surface area contributed by atoms with Crippen molar-refractivity contribution < 1.29 is 9.53 Å². The number of benzene rings is 1. The highest BCUT2D eigenvalue weighted by molar-refractivity contribution is 7.30. The van der Waals surface area contributed by atoms with Crippen LogP contribution in [0.1, 0.15) is 59.9 Å². The molecule has 0 saturated heterocycles. The molecule has 1 heterocycles. The van der Waals surface area contributed by atoms with Crippen molar-refractivity contribution in [2.45, 2.75) is 50.5 Å². The van der Waals surface area contributed by atoms with E-state index in [-0.39, 0.29) is 11.4 Å². The van der Waals surface area contributed by atoms with Gasteiger partial charge in [0.15, 0.2) is 5.69 Å². The molecule has 25 heavy (non-hydrogen) atoms. The Labute approximate surface area is 150 Å². The summed E-state index contributed by atoms with van der Waals surface area (Å²) in [5, 5.41) is 1.32. The maximum absolute atomic E-state index is 12.7. The molecular weight excluding hydrogens is 329 g/mol. The molecule has 4 aliphatic carbocycles. The predicted octanol–water partition coefficient (Wildman–Crippen LogP) is 4.94. The molecule has 4 fully saturated rings. The number of carbonyl (C=O) groups excluding carboxylic acids is 1. The summed E-state index contributed by atoms with van der Waals surface area (Å²) < 4.78 is 5.60. The minimum Gasteiger partial charge on any atom is -0.456 e. The van der Waals surface area contributed by atoms with E-state index < -0.39 is 0 Å². The number of nitrogens with zero attached hydrogens (tertiary/aromatic N) is 1. The fourth-order valence-corrected chi connectivity index (χ4v) is 7.30. The Balaban J connectivity index is 1.38. The van der Waals surface area contributed by atoms with Crippen molar-refractivity contribution in [2.24, 2.45) is 17.8 Å². The van der Waals surface area contributed by atoms with E-state index in [1.54, 1.807) is 0 Å². The van der Waals surface area contributed by atoms with E-state index in [1.165, 1.54) is 43.8 Å². The van der Waals surface area contributed by atoms with Crippen LogP contribution in [0.15, 0.2) is 36.3 Å². The molecule has 1 aromatic heterocycles. The molecule has 6 rings (SSSR count). The van der Waals surface area contributed by atoms with Crippen molar-refractivity contribution in [3.05, 3.63) is 52.8 Å².